The maximum absolute atomic E-state index is 9.87. The first-order chi connectivity index (χ1) is 9.69. The number of rotatable bonds is 2. The number of anilines is 1. The standard InChI is InChI=1S/C16H13BrN2O/c17-13-8-10(9-18)4-6-15(13)19-14-7-5-12-11(14)2-1-3-16(12)20/h1-4,6,8,14,19-20H,5,7H2. The summed E-state index contributed by atoms with van der Waals surface area (Å²) in [6.45, 7) is 0. The molecule has 0 aromatic heterocycles. The van der Waals surface area contributed by atoms with Crippen molar-refractivity contribution in [2.75, 3.05) is 5.32 Å². The molecule has 1 unspecified atom stereocenters. The number of benzene rings is 2. The number of halogens is 1. The van der Waals surface area contributed by atoms with Crippen molar-refractivity contribution in [3.8, 4) is 11.8 Å². The molecule has 0 amide bonds. The van der Waals surface area contributed by atoms with Gasteiger partial charge in [-0.3, -0.25) is 0 Å². The number of nitrogens with zero attached hydrogens (tertiary/aromatic N) is 1. The van der Waals surface area contributed by atoms with Gasteiger partial charge in [-0.05, 0) is 64.2 Å². The van der Waals surface area contributed by atoms with E-state index in [1.165, 1.54) is 0 Å². The molecule has 100 valence electrons. The maximum Gasteiger partial charge on any atom is 0.119 e. The molecular formula is C16H13BrN2O. The van der Waals surface area contributed by atoms with E-state index in [0.29, 0.717) is 11.3 Å². The summed E-state index contributed by atoms with van der Waals surface area (Å²) in [5.74, 6) is 0.380. The summed E-state index contributed by atoms with van der Waals surface area (Å²) in [4.78, 5) is 0. The van der Waals surface area contributed by atoms with Crippen LogP contribution in [0, 0.1) is 11.3 Å². The minimum absolute atomic E-state index is 0.196. The lowest BCUT2D eigenvalue weighted by atomic mass is 10.1. The molecule has 0 radical (unpaired) electrons. The van der Waals surface area contributed by atoms with Crippen molar-refractivity contribution in [2.24, 2.45) is 0 Å². The van der Waals surface area contributed by atoms with Crippen molar-refractivity contribution in [1.82, 2.24) is 0 Å². The molecule has 0 heterocycles. The third-order valence-corrected chi connectivity index (χ3v) is 4.33. The molecule has 20 heavy (non-hydrogen) atoms. The predicted octanol–water partition coefficient (Wildman–Crippen LogP) is 4.13. The zero-order chi connectivity index (χ0) is 14.1. The summed E-state index contributed by atoms with van der Waals surface area (Å²) in [6, 6.07) is 13.5. The first kappa shape index (κ1) is 13.0. The average Bonchev–Trinajstić information content (AvgIpc) is 2.86. The van der Waals surface area contributed by atoms with Crippen molar-refractivity contribution in [1.29, 1.82) is 5.26 Å². The summed E-state index contributed by atoms with van der Waals surface area (Å²) >= 11 is 3.49. The zero-order valence-electron chi connectivity index (χ0n) is 10.7. The number of phenols is 1. The van der Waals surface area contributed by atoms with E-state index in [1.54, 1.807) is 18.2 Å². The molecule has 2 N–H and O–H groups in total. The molecule has 0 spiro atoms. The van der Waals surface area contributed by atoms with Crippen LogP contribution in [-0.2, 0) is 6.42 Å². The van der Waals surface area contributed by atoms with Crippen LogP contribution in [0.2, 0.25) is 0 Å². The van der Waals surface area contributed by atoms with Crippen LogP contribution in [0.15, 0.2) is 40.9 Å². The average molecular weight is 329 g/mol. The Morgan fingerprint density at radius 3 is 2.90 bits per heavy atom. The summed E-state index contributed by atoms with van der Waals surface area (Å²) in [7, 11) is 0. The summed E-state index contributed by atoms with van der Waals surface area (Å²) in [5, 5.41) is 22.2. The summed E-state index contributed by atoms with van der Waals surface area (Å²) < 4.78 is 0.880. The van der Waals surface area contributed by atoms with E-state index in [9.17, 15) is 5.11 Å². The highest BCUT2D eigenvalue weighted by Gasteiger charge is 2.24. The Hall–Kier alpha value is -1.99. The van der Waals surface area contributed by atoms with Gasteiger partial charge >= 0.3 is 0 Å². The highest BCUT2D eigenvalue weighted by Crippen LogP contribution is 2.39. The number of fused-ring (bicyclic) bond motifs is 1. The normalized spacial score (nSPS) is 16.5. The van der Waals surface area contributed by atoms with E-state index in [1.807, 2.05) is 12.1 Å². The van der Waals surface area contributed by atoms with Gasteiger partial charge in [0.05, 0.1) is 17.7 Å². The monoisotopic (exact) mass is 328 g/mol. The molecule has 2 aromatic rings. The van der Waals surface area contributed by atoms with E-state index in [4.69, 9.17) is 5.26 Å². The Morgan fingerprint density at radius 1 is 1.30 bits per heavy atom. The molecule has 4 heteroatoms. The molecule has 0 bridgehead atoms. The fourth-order valence-electron chi connectivity index (χ4n) is 2.67. The third-order valence-electron chi connectivity index (χ3n) is 3.67. The molecule has 1 atom stereocenters. The van der Waals surface area contributed by atoms with Gasteiger partial charge in [0.2, 0.25) is 0 Å². The van der Waals surface area contributed by atoms with Crippen molar-refractivity contribution in [3.05, 3.63) is 57.6 Å². The fraction of sp³-hybridized carbons (Fsp3) is 0.188. The zero-order valence-corrected chi connectivity index (χ0v) is 12.3. The molecule has 3 nitrogen and oxygen atoms in total. The van der Waals surface area contributed by atoms with E-state index >= 15 is 0 Å². The lowest BCUT2D eigenvalue weighted by Crippen LogP contribution is -2.07. The Bertz CT molecular complexity index is 706. The third kappa shape index (κ3) is 2.25. The Morgan fingerprint density at radius 2 is 2.15 bits per heavy atom. The second kappa shape index (κ2) is 5.18. The Labute approximate surface area is 126 Å². The molecule has 2 aromatic carbocycles. The molecule has 0 fully saturated rings. The molecule has 0 aliphatic heterocycles. The van der Waals surface area contributed by atoms with Gasteiger partial charge in [0.25, 0.3) is 0 Å². The van der Waals surface area contributed by atoms with Gasteiger partial charge < -0.3 is 10.4 Å². The topological polar surface area (TPSA) is 56.0 Å². The number of nitrogens with one attached hydrogen (secondary N) is 1. The van der Waals surface area contributed by atoms with Gasteiger partial charge in [0, 0.05) is 10.2 Å². The lowest BCUT2D eigenvalue weighted by molar-refractivity contribution is 0.469. The van der Waals surface area contributed by atoms with E-state index in [-0.39, 0.29) is 6.04 Å². The summed E-state index contributed by atoms with van der Waals surface area (Å²) in [6.07, 6.45) is 1.84. The Balaban J connectivity index is 1.88. The van der Waals surface area contributed by atoms with Crippen molar-refractivity contribution < 1.29 is 5.11 Å². The Kier molecular flexibility index (Phi) is 3.37. The van der Waals surface area contributed by atoms with Crippen molar-refractivity contribution in [3.63, 3.8) is 0 Å². The quantitative estimate of drug-likeness (QED) is 0.871. The van der Waals surface area contributed by atoms with Gasteiger partial charge in [-0.2, -0.15) is 5.26 Å². The second-order valence-corrected chi connectivity index (χ2v) is 5.74. The smallest absolute Gasteiger partial charge is 0.119 e. The number of hydrogen-bond acceptors (Lipinski definition) is 3. The summed E-state index contributed by atoms with van der Waals surface area (Å²) in [5.41, 5.74) is 3.79. The minimum atomic E-state index is 0.196. The van der Waals surface area contributed by atoms with Gasteiger partial charge in [0.1, 0.15) is 5.75 Å². The van der Waals surface area contributed by atoms with Gasteiger partial charge in [-0.25, -0.2) is 0 Å². The van der Waals surface area contributed by atoms with Crippen molar-refractivity contribution in [2.45, 2.75) is 18.9 Å². The number of nitriles is 1. The number of aromatic hydroxyl groups is 1. The molecule has 0 saturated carbocycles. The van der Waals surface area contributed by atoms with Gasteiger partial charge in [0.15, 0.2) is 0 Å². The van der Waals surface area contributed by atoms with Crippen LogP contribution in [0.3, 0.4) is 0 Å². The number of phenolic OH excluding ortho intramolecular Hbond substituents is 1. The van der Waals surface area contributed by atoms with Crippen LogP contribution >= 0.6 is 15.9 Å². The van der Waals surface area contributed by atoms with Crippen LogP contribution in [0.25, 0.3) is 0 Å². The molecular weight excluding hydrogens is 316 g/mol. The highest BCUT2D eigenvalue weighted by atomic mass is 79.9. The largest absolute Gasteiger partial charge is 0.508 e. The fourth-order valence-corrected chi connectivity index (χ4v) is 3.17. The second-order valence-electron chi connectivity index (χ2n) is 4.89. The molecule has 3 rings (SSSR count). The number of hydrogen-bond donors (Lipinski definition) is 2. The van der Waals surface area contributed by atoms with Crippen molar-refractivity contribution >= 4 is 21.6 Å². The molecule has 1 aliphatic carbocycles. The van der Waals surface area contributed by atoms with E-state index in [0.717, 1.165) is 34.1 Å². The van der Waals surface area contributed by atoms with Gasteiger partial charge in [-0.15, -0.1) is 0 Å². The SMILES string of the molecule is N#Cc1ccc(NC2CCc3c(O)cccc32)c(Br)c1. The van der Waals surface area contributed by atoms with Crippen LogP contribution in [0.4, 0.5) is 5.69 Å². The van der Waals surface area contributed by atoms with Gasteiger partial charge in [-0.1, -0.05) is 12.1 Å². The molecule has 0 saturated heterocycles. The van der Waals surface area contributed by atoms with Crippen LogP contribution in [-0.4, -0.2) is 5.11 Å². The minimum Gasteiger partial charge on any atom is -0.508 e. The van der Waals surface area contributed by atoms with Crippen LogP contribution in [0.5, 0.6) is 5.75 Å². The predicted molar refractivity (Wildman–Crippen MR) is 81.6 cm³/mol. The van der Waals surface area contributed by atoms with E-state index < -0.39 is 0 Å². The highest BCUT2D eigenvalue weighted by molar-refractivity contribution is 9.10. The van der Waals surface area contributed by atoms with Crippen LogP contribution < -0.4 is 5.32 Å². The van der Waals surface area contributed by atoms with E-state index in [2.05, 4.69) is 33.4 Å². The molecule has 1 aliphatic rings. The lowest BCUT2D eigenvalue weighted by Gasteiger charge is -2.17. The first-order valence-electron chi connectivity index (χ1n) is 6.46. The first-order valence-corrected chi connectivity index (χ1v) is 7.25. The van der Waals surface area contributed by atoms with Crippen LogP contribution in [0.1, 0.15) is 29.2 Å². The maximum atomic E-state index is 9.87.